The molecule has 3 nitrogen and oxygen atoms in total. The molecule has 1 saturated carbocycles. The molecule has 3 unspecified atom stereocenters. The first-order valence-corrected chi connectivity index (χ1v) is 7.00. The van der Waals surface area contributed by atoms with Crippen LogP contribution >= 0.6 is 23.3 Å². The molecule has 0 radical (unpaired) electrons. The molecule has 0 amide bonds. The maximum absolute atomic E-state index is 4.41. The van der Waals surface area contributed by atoms with Crippen molar-refractivity contribution < 1.29 is 0 Å². The van der Waals surface area contributed by atoms with Gasteiger partial charge in [-0.15, -0.1) is 0 Å². The van der Waals surface area contributed by atoms with Gasteiger partial charge in [0, 0.05) is 11.3 Å². The predicted octanol–water partition coefficient (Wildman–Crippen LogP) is 2.33. The molecule has 2 rings (SSSR count). The highest BCUT2D eigenvalue weighted by molar-refractivity contribution is 8.01. The second-order valence-electron chi connectivity index (χ2n) is 4.10. The molecule has 0 aromatic carbocycles. The van der Waals surface area contributed by atoms with Crippen LogP contribution in [0.25, 0.3) is 0 Å². The lowest BCUT2D eigenvalue weighted by Crippen LogP contribution is -2.29. The summed E-state index contributed by atoms with van der Waals surface area (Å²) < 4.78 is 5.34. The van der Waals surface area contributed by atoms with E-state index in [0.29, 0.717) is 11.3 Å². The number of aromatic nitrogens is 2. The lowest BCUT2D eigenvalue weighted by Gasteiger charge is -2.18. The number of hydrogen-bond donors (Lipinski definition) is 1. The van der Waals surface area contributed by atoms with E-state index in [2.05, 4.69) is 28.6 Å². The van der Waals surface area contributed by atoms with Crippen molar-refractivity contribution in [2.75, 3.05) is 7.05 Å². The molecular weight excluding hydrogens is 226 g/mol. The molecule has 1 aliphatic rings. The number of nitrogens with zero attached hydrogens (tertiary/aromatic N) is 2. The fourth-order valence-electron chi connectivity index (χ4n) is 2.16. The summed E-state index contributed by atoms with van der Waals surface area (Å²) in [5.74, 6) is 1.63. The number of hydrogen-bond acceptors (Lipinski definition) is 5. The summed E-state index contributed by atoms with van der Waals surface area (Å²) in [4.78, 5) is 4.41. The monoisotopic (exact) mass is 243 g/mol. The van der Waals surface area contributed by atoms with Gasteiger partial charge in [-0.25, -0.2) is 4.98 Å². The molecule has 0 bridgehead atoms. The normalized spacial score (nSPS) is 31.0. The van der Waals surface area contributed by atoms with Crippen molar-refractivity contribution in [1.82, 2.24) is 14.7 Å². The summed E-state index contributed by atoms with van der Waals surface area (Å²) in [6.07, 6.45) is 2.57. The highest BCUT2D eigenvalue weighted by atomic mass is 32.2. The second-order valence-corrected chi connectivity index (χ2v) is 6.33. The molecule has 3 atom stereocenters. The minimum Gasteiger partial charge on any atom is -0.317 e. The number of thioether (sulfide) groups is 1. The second kappa shape index (κ2) is 4.80. The Kier molecular flexibility index (Phi) is 3.64. The minimum atomic E-state index is 0.677. The van der Waals surface area contributed by atoms with Gasteiger partial charge in [0.25, 0.3) is 0 Å². The van der Waals surface area contributed by atoms with E-state index in [1.54, 1.807) is 0 Å². The molecule has 1 aliphatic carbocycles. The zero-order valence-electron chi connectivity index (χ0n) is 9.36. The third-order valence-electron chi connectivity index (χ3n) is 3.12. The van der Waals surface area contributed by atoms with Crippen LogP contribution in [0.15, 0.2) is 4.34 Å². The van der Waals surface area contributed by atoms with E-state index >= 15 is 0 Å². The van der Waals surface area contributed by atoms with Crippen molar-refractivity contribution in [3.8, 4) is 0 Å². The first-order chi connectivity index (χ1) is 7.20. The van der Waals surface area contributed by atoms with Crippen molar-refractivity contribution in [3.05, 3.63) is 5.82 Å². The van der Waals surface area contributed by atoms with Gasteiger partial charge in [-0.1, -0.05) is 18.7 Å². The molecule has 1 N–H and O–H groups in total. The van der Waals surface area contributed by atoms with Crippen LogP contribution in [0.2, 0.25) is 0 Å². The summed E-state index contributed by atoms with van der Waals surface area (Å²) in [7, 11) is 2.06. The molecule has 84 valence electrons. The van der Waals surface area contributed by atoms with Crippen LogP contribution in [0.1, 0.15) is 25.6 Å². The van der Waals surface area contributed by atoms with Crippen molar-refractivity contribution in [2.45, 2.75) is 42.3 Å². The van der Waals surface area contributed by atoms with Crippen LogP contribution in [-0.2, 0) is 0 Å². The summed E-state index contributed by atoms with van der Waals surface area (Å²) >= 11 is 3.43. The van der Waals surface area contributed by atoms with Crippen LogP contribution in [-0.4, -0.2) is 27.7 Å². The van der Waals surface area contributed by atoms with Crippen molar-refractivity contribution in [1.29, 1.82) is 0 Å². The summed E-state index contributed by atoms with van der Waals surface area (Å²) in [5.41, 5.74) is 0. The summed E-state index contributed by atoms with van der Waals surface area (Å²) in [6.45, 7) is 4.29. The first-order valence-electron chi connectivity index (χ1n) is 5.35. The van der Waals surface area contributed by atoms with E-state index in [1.807, 2.05) is 18.7 Å². The Labute approximate surface area is 99.2 Å². The fraction of sp³-hybridized carbons (Fsp3) is 0.800. The van der Waals surface area contributed by atoms with E-state index in [4.69, 9.17) is 0 Å². The zero-order chi connectivity index (χ0) is 10.8. The van der Waals surface area contributed by atoms with Crippen LogP contribution in [0, 0.1) is 12.8 Å². The van der Waals surface area contributed by atoms with Gasteiger partial charge in [-0.3, -0.25) is 0 Å². The lowest BCUT2D eigenvalue weighted by molar-refractivity contribution is 0.464. The average Bonchev–Trinajstić information content (AvgIpc) is 2.76. The minimum absolute atomic E-state index is 0.677. The third-order valence-corrected chi connectivity index (χ3v) is 5.49. The van der Waals surface area contributed by atoms with E-state index in [9.17, 15) is 0 Å². The Balaban J connectivity index is 1.96. The topological polar surface area (TPSA) is 37.8 Å². The Hall–Kier alpha value is -0.130. The van der Waals surface area contributed by atoms with Crippen molar-refractivity contribution in [2.24, 2.45) is 5.92 Å². The lowest BCUT2D eigenvalue weighted by atomic mass is 10.1. The van der Waals surface area contributed by atoms with E-state index in [1.165, 1.54) is 24.4 Å². The maximum atomic E-state index is 4.41. The van der Waals surface area contributed by atoms with Gasteiger partial charge in [-0.05, 0) is 44.3 Å². The molecule has 1 fully saturated rings. The number of aryl methyl sites for hydroxylation is 1. The van der Waals surface area contributed by atoms with Crippen LogP contribution in [0.3, 0.4) is 0 Å². The van der Waals surface area contributed by atoms with Gasteiger partial charge in [0.05, 0.1) is 0 Å². The van der Waals surface area contributed by atoms with Crippen LogP contribution in [0.5, 0.6) is 0 Å². The summed E-state index contributed by atoms with van der Waals surface area (Å²) in [6, 6.07) is 0.677. The Morgan fingerprint density at radius 1 is 1.47 bits per heavy atom. The molecule has 5 heteroatoms. The van der Waals surface area contributed by atoms with Crippen LogP contribution in [0.4, 0.5) is 0 Å². The van der Waals surface area contributed by atoms with Gasteiger partial charge in [0.1, 0.15) is 5.82 Å². The Morgan fingerprint density at radius 3 is 2.80 bits per heavy atom. The molecule has 0 aliphatic heterocycles. The van der Waals surface area contributed by atoms with Gasteiger partial charge >= 0.3 is 0 Å². The van der Waals surface area contributed by atoms with Crippen LogP contribution < -0.4 is 5.32 Å². The van der Waals surface area contributed by atoms with Gasteiger partial charge in [-0.2, -0.15) is 4.37 Å². The molecule has 15 heavy (non-hydrogen) atoms. The molecule has 1 aromatic rings. The quantitative estimate of drug-likeness (QED) is 0.884. The highest BCUT2D eigenvalue weighted by Crippen LogP contribution is 2.39. The number of nitrogens with one attached hydrogen (secondary N) is 1. The van der Waals surface area contributed by atoms with E-state index in [0.717, 1.165) is 16.1 Å². The van der Waals surface area contributed by atoms with Gasteiger partial charge in [0.2, 0.25) is 0 Å². The zero-order valence-corrected chi connectivity index (χ0v) is 11.0. The molecule has 1 heterocycles. The molecule has 0 saturated heterocycles. The van der Waals surface area contributed by atoms with E-state index in [-0.39, 0.29) is 0 Å². The SMILES string of the molecule is CNC1CCC(Sc2nc(C)ns2)C1C. The first kappa shape index (κ1) is 11.4. The van der Waals surface area contributed by atoms with E-state index < -0.39 is 0 Å². The maximum Gasteiger partial charge on any atom is 0.170 e. The Morgan fingerprint density at radius 2 is 2.27 bits per heavy atom. The highest BCUT2D eigenvalue weighted by Gasteiger charge is 2.32. The molecule has 1 aromatic heterocycles. The standard InChI is InChI=1S/C10H17N3S2/c1-6-8(11-3)4-5-9(6)14-10-12-7(2)13-15-10/h6,8-9,11H,4-5H2,1-3H3. The third kappa shape index (κ3) is 2.52. The van der Waals surface area contributed by atoms with Gasteiger partial charge in [0.15, 0.2) is 4.34 Å². The Bertz CT molecular complexity index is 326. The summed E-state index contributed by atoms with van der Waals surface area (Å²) in [5, 5.41) is 4.09. The largest absolute Gasteiger partial charge is 0.317 e. The predicted molar refractivity (Wildman–Crippen MR) is 65.5 cm³/mol. The smallest absolute Gasteiger partial charge is 0.170 e. The van der Waals surface area contributed by atoms with Crippen molar-refractivity contribution in [3.63, 3.8) is 0 Å². The van der Waals surface area contributed by atoms with Gasteiger partial charge < -0.3 is 5.32 Å². The average molecular weight is 243 g/mol. The molecular formula is C10H17N3S2. The molecule has 0 spiro atoms. The number of rotatable bonds is 3. The fourth-order valence-corrected chi connectivity index (χ4v) is 4.34. The van der Waals surface area contributed by atoms with Crippen molar-refractivity contribution >= 4 is 23.3 Å².